The molecule has 2 bridgehead atoms. The summed E-state index contributed by atoms with van der Waals surface area (Å²) >= 11 is 0. The molecule has 1 unspecified atom stereocenters. The van der Waals surface area contributed by atoms with E-state index in [9.17, 15) is 0 Å². The average molecular weight is 354 g/mol. The number of rotatable bonds is 7. The Labute approximate surface area is 152 Å². The maximum Gasteiger partial charge on any atom is 0.193 e. The molecule has 4 aliphatic heterocycles. The van der Waals surface area contributed by atoms with E-state index in [2.05, 4.69) is 25.0 Å². The van der Waals surface area contributed by atoms with Crippen LogP contribution < -0.4 is 5.32 Å². The monoisotopic (exact) mass is 353 g/mol. The SMILES string of the molecule is CN=C(NCC1CN2CCN1CC2)N1CCC(OCCCOC)CC1. The highest BCUT2D eigenvalue weighted by Gasteiger charge is 2.32. The number of nitrogens with one attached hydrogen (secondary N) is 1. The van der Waals surface area contributed by atoms with Gasteiger partial charge in [-0.25, -0.2) is 0 Å². The maximum atomic E-state index is 5.96. The van der Waals surface area contributed by atoms with Crippen molar-refractivity contribution >= 4 is 5.96 Å². The van der Waals surface area contributed by atoms with Crippen LogP contribution in [0.25, 0.3) is 0 Å². The molecule has 0 aromatic rings. The van der Waals surface area contributed by atoms with Crippen molar-refractivity contribution in [1.82, 2.24) is 20.0 Å². The zero-order valence-corrected chi connectivity index (χ0v) is 16.0. The molecular weight excluding hydrogens is 318 g/mol. The van der Waals surface area contributed by atoms with Gasteiger partial charge in [0.15, 0.2) is 5.96 Å². The van der Waals surface area contributed by atoms with Crippen molar-refractivity contribution in [2.45, 2.75) is 31.4 Å². The summed E-state index contributed by atoms with van der Waals surface area (Å²) in [5.74, 6) is 1.05. The molecule has 0 amide bonds. The Morgan fingerprint density at radius 2 is 1.84 bits per heavy atom. The third kappa shape index (κ3) is 5.29. The van der Waals surface area contributed by atoms with Crippen molar-refractivity contribution < 1.29 is 9.47 Å². The van der Waals surface area contributed by atoms with Gasteiger partial charge in [0.1, 0.15) is 0 Å². The number of ether oxygens (including phenoxy) is 2. The van der Waals surface area contributed by atoms with Crippen LogP contribution in [0.4, 0.5) is 0 Å². The highest BCUT2D eigenvalue weighted by atomic mass is 16.5. The van der Waals surface area contributed by atoms with Gasteiger partial charge in [0, 0.05) is 85.8 Å². The van der Waals surface area contributed by atoms with Crippen LogP contribution in [0.1, 0.15) is 19.3 Å². The zero-order chi connectivity index (χ0) is 17.5. The molecule has 25 heavy (non-hydrogen) atoms. The number of hydrogen-bond donors (Lipinski definition) is 1. The highest BCUT2D eigenvalue weighted by molar-refractivity contribution is 5.80. The van der Waals surface area contributed by atoms with Crippen molar-refractivity contribution in [2.75, 3.05) is 79.7 Å². The van der Waals surface area contributed by atoms with Gasteiger partial charge in [-0.05, 0) is 19.3 Å². The Morgan fingerprint density at radius 1 is 1.08 bits per heavy atom. The Morgan fingerprint density at radius 3 is 2.44 bits per heavy atom. The summed E-state index contributed by atoms with van der Waals surface area (Å²) in [5, 5.41) is 3.62. The smallest absolute Gasteiger partial charge is 0.193 e. The fraction of sp³-hybridized carbons (Fsp3) is 0.944. The molecule has 7 nitrogen and oxygen atoms in total. The Bertz CT molecular complexity index is 418. The number of piperazine rings is 3. The van der Waals surface area contributed by atoms with Crippen molar-refractivity contribution in [3.8, 4) is 0 Å². The number of piperidine rings is 1. The number of nitrogens with zero attached hydrogens (tertiary/aromatic N) is 4. The van der Waals surface area contributed by atoms with E-state index in [1.807, 2.05) is 7.05 Å². The predicted octanol–water partition coefficient (Wildman–Crippen LogP) is 0.0791. The van der Waals surface area contributed by atoms with Gasteiger partial charge in [-0.2, -0.15) is 0 Å². The molecule has 0 saturated carbocycles. The molecule has 4 rings (SSSR count). The van der Waals surface area contributed by atoms with Crippen molar-refractivity contribution in [2.24, 2.45) is 4.99 Å². The summed E-state index contributed by atoms with van der Waals surface area (Å²) in [7, 11) is 3.64. The summed E-state index contributed by atoms with van der Waals surface area (Å²) < 4.78 is 11.0. The van der Waals surface area contributed by atoms with Gasteiger partial charge in [0.2, 0.25) is 0 Å². The first-order chi connectivity index (χ1) is 12.3. The summed E-state index contributed by atoms with van der Waals surface area (Å²) in [4.78, 5) is 12.1. The zero-order valence-electron chi connectivity index (χ0n) is 16.0. The minimum Gasteiger partial charge on any atom is -0.385 e. The quantitative estimate of drug-likeness (QED) is 0.397. The Balaban J connectivity index is 1.36. The molecular formula is C18H35N5O2. The molecule has 1 atom stereocenters. The van der Waals surface area contributed by atoms with Crippen LogP contribution in [0, 0.1) is 0 Å². The fourth-order valence-corrected chi connectivity index (χ4v) is 4.15. The minimum atomic E-state index is 0.388. The molecule has 4 fully saturated rings. The topological polar surface area (TPSA) is 52.6 Å². The van der Waals surface area contributed by atoms with E-state index in [-0.39, 0.29) is 0 Å². The molecule has 4 saturated heterocycles. The second-order valence-corrected chi connectivity index (χ2v) is 7.32. The summed E-state index contributed by atoms with van der Waals surface area (Å²) in [6.45, 7) is 10.7. The molecule has 0 aromatic heterocycles. The van der Waals surface area contributed by atoms with E-state index in [1.165, 1.54) is 32.7 Å². The van der Waals surface area contributed by atoms with Gasteiger partial charge in [0.25, 0.3) is 0 Å². The molecule has 0 aromatic carbocycles. The van der Waals surface area contributed by atoms with Gasteiger partial charge < -0.3 is 19.7 Å². The van der Waals surface area contributed by atoms with E-state index < -0.39 is 0 Å². The molecule has 1 N–H and O–H groups in total. The van der Waals surface area contributed by atoms with E-state index in [4.69, 9.17) is 9.47 Å². The number of likely N-dealkylation sites (tertiary alicyclic amines) is 1. The van der Waals surface area contributed by atoms with Gasteiger partial charge in [-0.1, -0.05) is 0 Å². The van der Waals surface area contributed by atoms with Crippen LogP contribution in [0.2, 0.25) is 0 Å². The maximum absolute atomic E-state index is 5.96. The molecule has 7 heteroatoms. The first-order valence-corrected chi connectivity index (χ1v) is 9.82. The summed E-state index contributed by atoms with van der Waals surface area (Å²) in [6, 6.07) is 0.626. The van der Waals surface area contributed by atoms with Crippen molar-refractivity contribution in [3.05, 3.63) is 0 Å². The molecule has 4 heterocycles. The predicted molar refractivity (Wildman–Crippen MR) is 100 cm³/mol. The van der Waals surface area contributed by atoms with Crippen LogP contribution in [-0.4, -0.2) is 113 Å². The molecule has 144 valence electrons. The fourth-order valence-electron chi connectivity index (χ4n) is 4.15. The van der Waals surface area contributed by atoms with Gasteiger partial charge >= 0.3 is 0 Å². The Kier molecular flexibility index (Phi) is 7.34. The largest absolute Gasteiger partial charge is 0.385 e. The van der Waals surface area contributed by atoms with Gasteiger partial charge in [0.05, 0.1) is 6.10 Å². The van der Waals surface area contributed by atoms with Crippen molar-refractivity contribution in [3.63, 3.8) is 0 Å². The second-order valence-electron chi connectivity index (χ2n) is 7.32. The minimum absolute atomic E-state index is 0.388. The average Bonchev–Trinajstić information content (AvgIpc) is 2.68. The lowest BCUT2D eigenvalue weighted by Gasteiger charge is -2.47. The van der Waals surface area contributed by atoms with Crippen molar-refractivity contribution in [1.29, 1.82) is 0 Å². The first kappa shape index (κ1) is 18.9. The molecule has 0 spiro atoms. The summed E-state index contributed by atoms with van der Waals surface area (Å²) in [5.41, 5.74) is 0. The number of aliphatic imine (C=N–C) groups is 1. The lowest BCUT2D eigenvalue weighted by molar-refractivity contribution is 0.00839. The molecule has 0 aliphatic carbocycles. The summed E-state index contributed by atoms with van der Waals surface area (Å²) in [6.07, 6.45) is 3.53. The number of hydrogen-bond acceptors (Lipinski definition) is 5. The van der Waals surface area contributed by atoms with Crippen LogP contribution in [0.5, 0.6) is 0 Å². The van der Waals surface area contributed by atoms with Crippen LogP contribution in [-0.2, 0) is 9.47 Å². The Hall–Kier alpha value is -0.890. The van der Waals surface area contributed by atoms with E-state index >= 15 is 0 Å². The third-order valence-corrected chi connectivity index (χ3v) is 5.69. The molecule has 4 aliphatic rings. The lowest BCUT2D eigenvalue weighted by atomic mass is 10.1. The van der Waals surface area contributed by atoms with Gasteiger partial charge in [-0.15, -0.1) is 0 Å². The number of methoxy groups -OCH3 is 1. The van der Waals surface area contributed by atoms with E-state index in [0.717, 1.165) is 58.1 Å². The molecule has 0 radical (unpaired) electrons. The van der Waals surface area contributed by atoms with Gasteiger partial charge in [-0.3, -0.25) is 14.8 Å². The first-order valence-electron chi connectivity index (χ1n) is 9.82. The second kappa shape index (κ2) is 9.71. The highest BCUT2D eigenvalue weighted by Crippen LogP contribution is 2.16. The lowest BCUT2D eigenvalue weighted by Crippen LogP contribution is -2.64. The number of fused-ring (bicyclic) bond motifs is 3. The normalized spacial score (nSPS) is 30.7. The standard InChI is InChI=1S/C18H35N5O2/c1-19-18(20-14-16-15-21-8-10-22(16)11-9-21)23-6-4-17(5-7-23)25-13-3-12-24-2/h16-17H,3-15H2,1-2H3,(H,19,20). The van der Waals surface area contributed by atoms with Crippen LogP contribution in [0.15, 0.2) is 4.99 Å². The van der Waals surface area contributed by atoms with Crippen LogP contribution in [0.3, 0.4) is 0 Å². The van der Waals surface area contributed by atoms with E-state index in [0.29, 0.717) is 12.1 Å². The number of guanidine groups is 1. The third-order valence-electron chi connectivity index (χ3n) is 5.69. The van der Waals surface area contributed by atoms with E-state index in [1.54, 1.807) is 7.11 Å². The van der Waals surface area contributed by atoms with Crippen LogP contribution >= 0.6 is 0 Å².